The lowest BCUT2D eigenvalue weighted by Gasteiger charge is -2.19. The molecule has 1 unspecified atom stereocenters. The third-order valence-electron chi connectivity index (χ3n) is 4.12. The van der Waals surface area contributed by atoms with Crippen molar-refractivity contribution >= 4 is 0 Å². The van der Waals surface area contributed by atoms with E-state index in [1.165, 1.54) is 27.9 Å². The zero-order chi connectivity index (χ0) is 15.6. The highest BCUT2D eigenvalue weighted by atomic mass is 15.3. The van der Waals surface area contributed by atoms with Crippen LogP contribution in [-0.4, -0.2) is 9.78 Å². The fraction of sp³-hybridized carbons (Fsp3) is 0.500. The van der Waals surface area contributed by atoms with Gasteiger partial charge in [0.1, 0.15) is 0 Å². The number of hydrogen-bond donors (Lipinski definition) is 1. The minimum Gasteiger partial charge on any atom is -0.322 e. The molecule has 0 aliphatic carbocycles. The highest BCUT2D eigenvalue weighted by Gasteiger charge is 2.15. The third kappa shape index (κ3) is 3.35. The van der Waals surface area contributed by atoms with Gasteiger partial charge in [0, 0.05) is 11.7 Å². The van der Waals surface area contributed by atoms with Crippen molar-refractivity contribution in [3.8, 4) is 0 Å². The summed E-state index contributed by atoms with van der Waals surface area (Å²) in [7, 11) is 0. The van der Waals surface area contributed by atoms with Gasteiger partial charge in [0.25, 0.3) is 0 Å². The molecule has 114 valence electrons. The maximum Gasteiger partial charge on any atom is 0.0624 e. The van der Waals surface area contributed by atoms with Gasteiger partial charge in [0.2, 0.25) is 0 Å². The molecule has 1 aromatic heterocycles. The van der Waals surface area contributed by atoms with Gasteiger partial charge in [0.05, 0.1) is 12.2 Å². The van der Waals surface area contributed by atoms with Crippen molar-refractivity contribution in [2.24, 2.45) is 5.73 Å². The number of benzene rings is 1. The molecule has 0 fully saturated rings. The number of nitrogens with two attached hydrogens (primary N) is 1. The van der Waals surface area contributed by atoms with E-state index in [9.17, 15) is 0 Å². The summed E-state index contributed by atoms with van der Waals surface area (Å²) in [6.45, 7) is 11.5. The predicted octanol–water partition coefficient (Wildman–Crippen LogP) is 3.63. The van der Waals surface area contributed by atoms with E-state index in [4.69, 9.17) is 5.73 Å². The first-order valence-electron chi connectivity index (χ1n) is 7.85. The van der Waals surface area contributed by atoms with Gasteiger partial charge >= 0.3 is 0 Å². The summed E-state index contributed by atoms with van der Waals surface area (Å²) in [5, 5.41) is 4.68. The van der Waals surface area contributed by atoms with E-state index in [2.05, 4.69) is 62.6 Å². The molecule has 0 aliphatic rings. The molecule has 0 saturated heterocycles. The maximum absolute atomic E-state index is 6.49. The van der Waals surface area contributed by atoms with Crippen LogP contribution in [-0.2, 0) is 19.4 Å². The van der Waals surface area contributed by atoms with Gasteiger partial charge in [-0.2, -0.15) is 5.10 Å². The number of rotatable bonds is 5. The molecule has 0 radical (unpaired) electrons. The molecule has 0 saturated carbocycles. The summed E-state index contributed by atoms with van der Waals surface area (Å²) in [6, 6.07) is 6.61. The summed E-state index contributed by atoms with van der Waals surface area (Å²) < 4.78 is 2.09. The van der Waals surface area contributed by atoms with Gasteiger partial charge in [0.15, 0.2) is 0 Å². The third-order valence-corrected chi connectivity index (χ3v) is 4.12. The molecule has 0 amide bonds. The highest BCUT2D eigenvalue weighted by molar-refractivity contribution is 5.39. The Morgan fingerprint density at radius 1 is 1.05 bits per heavy atom. The van der Waals surface area contributed by atoms with E-state index in [0.717, 1.165) is 25.1 Å². The van der Waals surface area contributed by atoms with Crippen LogP contribution in [0.5, 0.6) is 0 Å². The summed E-state index contributed by atoms with van der Waals surface area (Å²) in [6.07, 6.45) is 1.96. The van der Waals surface area contributed by atoms with Crippen molar-refractivity contribution in [1.29, 1.82) is 0 Å². The molecular formula is C18H27N3. The van der Waals surface area contributed by atoms with Gasteiger partial charge in [-0.15, -0.1) is 0 Å². The topological polar surface area (TPSA) is 43.8 Å². The smallest absolute Gasteiger partial charge is 0.0624 e. The summed E-state index contributed by atoms with van der Waals surface area (Å²) in [5.41, 5.74) is 14.0. The molecule has 1 atom stereocenters. The Kier molecular flexibility index (Phi) is 4.84. The lowest BCUT2D eigenvalue weighted by molar-refractivity contribution is 0.505. The van der Waals surface area contributed by atoms with Crippen molar-refractivity contribution in [2.75, 3.05) is 0 Å². The van der Waals surface area contributed by atoms with Gasteiger partial charge in [-0.3, -0.25) is 4.68 Å². The van der Waals surface area contributed by atoms with Crippen LogP contribution in [0.4, 0.5) is 0 Å². The maximum atomic E-state index is 6.49. The van der Waals surface area contributed by atoms with Gasteiger partial charge in [-0.1, -0.05) is 31.5 Å². The quantitative estimate of drug-likeness (QED) is 0.911. The van der Waals surface area contributed by atoms with Crippen molar-refractivity contribution < 1.29 is 0 Å². The summed E-state index contributed by atoms with van der Waals surface area (Å²) in [5.74, 6) is 0. The Balaban J connectivity index is 2.30. The molecule has 2 rings (SSSR count). The lowest BCUT2D eigenvalue weighted by Crippen LogP contribution is -2.21. The number of hydrogen-bond acceptors (Lipinski definition) is 2. The van der Waals surface area contributed by atoms with E-state index < -0.39 is 0 Å². The molecule has 2 aromatic rings. The largest absolute Gasteiger partial charge is 0.322 e. The monoisotopic (exact) mass is 285 g/mol. The zero-order valence-corrected chi connectivity index (χ0v) is 13.9. The molecule has 0 aliphatic heterocycles. The minimum atomic E-state index is -0.0134. The second kappa shape index (κ2) is 6.44. The average Bonchev–Trinajstić information content (AvgIpc) is 2.79. The van der Waals surface area contributed by atoms with Crippen molar-refractivity contribution in [3.05, 3.63) is 51.8 Å². The fourth-order valence-corrected chi connectivity index (χ4v) is 3.18. The number of aryl methyl sites for hydroxylation is 5. The normalized spacial score (nSPS) is 12.7. The Labute approximate surface area is 128 Å². The summed E-state index contributed by atoms with van der Waals surface area (Å²) >= 11 is 0. The summed E-state index contributed by atoms with van der Waals surface area (Å²) in [4.78, 5) is 0. The van der Waals surface area contributed by atoms with Gasteiger partial charge in [-0.05, 0) is 56.4 Å². The van der Waals surface area contributed by atoms with Crippen molar-refractivity contribution in [2.45, 2.75) is 60.0 Å². The zero-order valence-electron chi connectivity index (χ0n) is 13.9. The van der Waals surface area contributed by atoms with Crippen LogP contribution < -0.4 is 5.73 Å². The van der Waals surface area contributed by atoms with Crippen molar-refractivity contribution in [1.82, 2.24) is 9.78 Å². The lowest BCUT2D eigenvalue weighted by atomic mass is 9.94. The van der Waals surface area contributed by atoms with E-state index in [1.807, 2.05) is 0 Å². The van der Waals surface area contributed by atoms with Crippen LogP contribution >= 0.6 is 0 Å². The Morgan fingerprint density at radius 2 is 1.67 bits per heavy atom. The average molecular weight is 285 g/mol. The van der Waals surface area contributed by atoms with Crippen LogP contribution in [0, 0.1) is 20.8 Å². The minimum absolute atomic E-state index is 0.0134. The molecule has 21 heavy (non-hydrogen) atoms. The van der Waals surface area contributed by atoms with E-state index in [0.29, 0.717) is 0 Å². The van der Waals surface area contributed by atoms with Crippen LogP contribution in [0.2, 0.25) is 0 Å². The molecule has 2 N–H and O–H groups in total. The number of aromatic nitrogens is 2. The van der Waals surface area contributed by atoms with Crippen molar-refractivity contribution in [3.63, 3.8) is 0 Å². The predicted molar refractivity (Wildman–Crippen MR) is 88.6 cm³/mol. The van der Waals surface area contributed by atoms with Crippen LogP contribution in [0.3, 0.4) is 0 Å². The Hall–Kier alpha value is -1.61. The molecule has 0 bridgehead atoms. The Morgan fingerprint density at radius 3 is 2.19 bits per heavy atom. The molecule has 3 heteroatoms. The van der Waals surface area contributed by atoms with Crippen LogP contribution in [0.25, 0.3) is 0 Å². The highest BCUT2D eigenvalue weighted by Crippen LogP contribution is 2.23. The molecular weight excluding hydrogens is 258 g/mol. The van der Waals surface area contributed by atoms with E-state index >= 15 is 0 Å². The standard InChI is InChI=1S/C18H27N3/c1-6-15-10-16(7-2)21(20-15)11-17(19)18-13(4)8-12(3)9-14(18)5/h8-10,17H,6-7,11,19H2,1-5H3. The molecule has 1 heterocycles. The first-order chi connectivity index (χ1) is 9.96. The van der Waals surface area contributed by atoms with E-state index in [1.54, 1.807) is 0 Å². The first-order valence-corrected chi connectivity index (χ1v) is 7.85. The second-order valence-electron chi connectivity index (χ2n) is 5.94. The first kappa shape index (κ1) is 15.8. The van der Waals surface area contributed by atoms with Gasteiger partial charge < -0.3 is 5.73 Å². The molecule has 0 spiro atoms. The second-order valence-corrected chi connectivity index (χ2v) is 5.94. The van der Waals surface area contributed by atoms with Crippen LogP contribution in [0.1, 0.15) is 53.5 Å². The molecule has 1 aromatic carbocycles. The molecule has 3 nitrogen and oxygen atoms in total. The van der Waals surface area contributed by atoms with Crippen LogP contribution in [0.15, 0.2) is 18.2 Å². The van der Waals surface area contributed by atoms with E-state index in [-0.39, 0.29) is 6.04 Å². The number of nitrogens with zero attached hydrogens (tertiary/aromatic N) is 2. The van der Waals surface area contributed by atoms with Gasteiger partial charge in [-0.25, -0.2) is 0 Å². The Bertz CT molecular complexity index is 602. The SMILES string of the molecule is CCc1cc(CC)n(CC(N)c2c(C)cc(C)cc2C)n1. The fourth-order valence-electron chi connectivity index (χ4n) is 3.18.